The number of benzene rings is 1. The van der Waals surface area contributed by atoms with Crippen LogP contribution in [0, 0.1) is 0 Å². The van der Waals surface area contributed by atoms with Gasteiger partial charge in [0, 0.05) is 67.6 Å². The Kier molecular flexibility index (Phi) is 10.7. The minimum atomic E-state index is -4.69. The summed E-state index contributed by atoms with van der Waals surface area (Å²) in [6, 6.07) is 12.3. The summed E-state index contributed by atoms with van der Waals surface area (Å²) in [5, 5.41) is 5.82. The molecule has 1 atom stereocenters. The van der Waals surface area contributed by atoms with Gasteiger partial charge < -0.3 is 20.3 Å². The highest BCUT2D eigenvalue weighted by Gasteiger charge is 2.35. The van der Waals surface area contributed by atoms with E-state index in [1.165, 1.54) is 17.0 Å². The monoisotopic (exact) mass is 616 g/mol. The van der Waals surface area contributed by atoms with Crippen LogP contribution < -0.4 is 15.4 Å². The van der Waals surface area contributed by atoms with E-state index in [1.807, 2.05) is 0 Å². The van der Waals surface area contributed by atoms with Crippen molar-refractivity contribution in [3.8, 4) is 5.88 Å². The van der Waals surface area contributed by atoms with E-state index in [4.69, 9.17) is 16.3 Å². The Morgan fingerprint density at radius 2 is 1.79 bits per heavy atom. The van der Waals surface area contributed by atoms with E-state index in [0.29, 0.717) is 23.6 Å². The molecule has 43 heavy (non-hydrogen) atoms. The molecule has 0 radical (unpaired) electrons. The van der Waals surface area contributed by atoms with Crippen LogP contribution in [0.1, 0.15) is 29.9 Å². The van der Waals surface area contributed by atoms with E-state index in [0.717, 1.165) is 11.8 Å². The van der Waals surface area contributed by atoms with Crippen LogP contribution in [0.25, 0.3) is 6.08 Å². The molecule has 1 saturated heterocycles. The standard InChI is InChI=1S/C29H28ClF3N6O4/c30-20-7-4-19(5-8-20)6-9-24(40)37-23(17-21-3-1-2-13-34-21)27(42)36-18-26(41)39-15-11-22(12-16-39)43-25-10-14-35-28(38-25)29(31,32)33/h1-10,13-14,22-23H,11-12,15-18H2,(H,36,42)(H,37,40)/b9-6+. The van der Waals surface area contributed by atoms with Crippen molar-refractivity contribution in [1.82, 2.24) is 30.5 Å². The van der Waals surface area contributed by atoms with Crippen molar-refractivity contribution < 1.29 is 32.3 Å². The first-order valence-electron chi connectivity index (χ1n) is 13.3. The Morgan fingerprint density at radius 3 is 2.47 bits per heavy atom. The van der Waals surface area contributed by atoms with Crippen LogP contribution in [-0.2, 0) is 27.0 Å². The van der Waals surface area contributed by atoms with E-state index in [-0.39, 0.29) is 37.8 Å². The first-order chi connectivity index (χ1) is 20.6. The number of carbonyl (C=O) groups excluding carboxylic acids is 3. The topological polar surface area (TPSA) is 126 Å². The van der Waals surface area contributed by atoms with E-state index < -0.39 is 36.0 Å². The zero-order valence-corrected chi connectivity index (χ0v) is 23.5. The van der Waals surface area contributed by atoms with Crippen molar-refractivity contribution in [2.45, 2.75) is 37.6 Å². The molecule has 226 valence electrons. The molecule has 1 aliphatic rings. The zero-order chi connectivity index (χ0) is 30.8. The highest BCUT2D eigenvalue weighted by atomic mass is 35.5. The molecule has 1 aromatic carbocycles. The average molecular weight is 617 g/mol. The van der Waals surface area contributed by atoms with Gasteiger partial charge in [-0.2, -0.15) is 18.2 Å². The van der Waals surface area contributed by atoms with Crippen LogP contribution in [0.15, 0.2) is 67.0 Å². The van der Waals surface area contributed by atoms with Gasteiger partial charge in [-0.15, -0.1) is 0 Å². The highest BCUT2D eigenvalue weighted by molar-refractivity contribution is 6.30. The Balaban J connectivity index is 1.29. The Morgan fingerprint density at radius 1 is 1.05 bits per heavy atom. The summed E-state index contributed by atoms with van der Waals surface area (Å²) in [7, 11) is 0. The maximum absolute atomic E-state index is 13.1. The molecule has 4 rings (SSSR count). The molecule has 2 aromatic heterocycles. The molecule has 0 aliphatic carbocycles. The number of hydrogen-bond acceptors (Lipinski definition) is 7. The second-order valence-electron chi connectivity index (χ2n) is 9.60. The number of hydrogen-bond donors (Lipinski definition) is 2. The summed E-state index contributed by atoms with van der Waals surface area (Å²) in [6.07, 6.45) is 1.13. The van der Waals surface area contributed by atoms with Gasteiger partial charge in [0.25, 0.3) is 0 Å². The van der Waals surface area contributed by atoms with Gasteiger partial charge in [0.2, 0.25) is 29.4 Å². The third kappa shape index (κ3) is 9.77. The van der Waals surface area contributed by atoms with Crippen molar-refractivity contribution in [2.75, 3.05) is 19.6 Å². The van der Waals surface area contributed by atoms with Crippen LogP contribution in [0.2, 0.25) is 5.02 Å². The molecule has 2 N–H and O–H groups in total. The Bertz CT molecular complexity index is 1430. The van der Waals surface area contributed by atoms with Crippen molar-refractivity contribution in [3.63, 3.8) is 0 Å². The quantitative estimate of drug-likeness (QED) is 0.334. The number of amides is 3. The number of alkyl halides is 3. The van der Waals surface area contributed by atoms with Gasteiger partial charge in [0.15, 0.2) is 0 Å². The summed E-state index contributed by atoms with van der Waals surface area (Å²) in [6.45, 7) is 0.251. The van der Waals surface area contributed by atoms with Crippen LogP contribution in [-0.4, -0.2) is 69.4 Å². The molecule has 14 heteroatoms. The number of pyridine rings is 1. The second kappa shape index (κ2) is 14.6. The van der Waals surface area contributed by atoms with Crippen molar-refractivity contribution in [2.24, 2.45) is 0 Å². The van der Waals surface area contributed by atoms with Crippen LogP contribution in [0.5, 0.6) is 5.88 Å². The van der Waals surface area contributed by atoms with Gasteiger partial charge in [0.05, 0.1) is 6.54 Å². The summed E-state index contributed by atoms with van der Waals surface area (Å²) >= 11 is 5.89. The first-order valence-corrected chi connectivity index (χ1v) is 13.7. The lowest BCUT2D eigenvalue weighted by molar-refractivity contribution is -0.145. The summed E-state index contributed by atoms with van der Waals surface area (Å²) in [4.78, 5) is 50.9. The number of nitrogens with one attached hydrogen (secondary N) is 2. The number of likely N-dealkylation sites (tertiary alicyclic amines) is 1. The number of aromatic nitrogens is 3. The molecular weight excluding hydrogens is 589 g/mol. The van der Waals surface area contributed by atoms with Gasteiger partial charge in [0.1, 0.15) is 12.1 Å². The highest BCUT2D eigenvalue weighted by Crippen LogP contribution is 2.27. The maximum Gasteiger partial charge on any atom is 0.451 e. The number of rotatable bonds is 10. The fourth-order valence-electron chi connectivity index (χ4n) is 4.24. The molecule has 1 aliphatic heterocycles. The first kappa shape index (κ1) is 31.4. The number of ether oxygens (including phenoxy) is 1. The number of nitrogens with zero attached hydrogens (tertiary/aromatic N) is 4. The molecule has 3 amide bonds. The fraction of sp³-hybridized carbons (Fsp3) is 0.310. The third-order valence-electron chi connectivity index (χ3n) is 6.45. The van der Waals surface area contributed by atoms with Crippen molar-refractivity contribution in [3.05, 3.63) is 89.1 Å². The van der Waals surface area contributed by atoms with Crippen molar-refractivity contribution in [1.29, 1.82) is 0 Å². The molecule has 1 unspecified atom stereocenters. The summed E-state index contributed by atoms with van der Waals surface area (Å²) in [5.41, 5.74) is 1.32. The minimum absolute atomic E-state index is 0.100. The van der Waals surface area contributed by atoms with E-state index in [2.05, 4.69) is 25.6 Å². The maximum atomic E-state index is 13.1. The average Bonchev–Trinajstić information content (AvgIpc) is 3.00. The van der Waals surface area contributed by atoms with Crippen LogP contribution in [0.4, 0.5) is 13.2 Å². The third-order valence-corrected chi connectivity index (χ3v) is 6.70. The normalized spacial score (nSPS) is 14.7. The van der Waals surface area contributed by atoms with E-state index in [1.54, 1.807) is 54.7 Å². The molecular formula is C29H28ClF3N6O4. The SMILES string of the molecule is O=C(/C=C/c1ccc(Cl)cc1)NC(Cc1ccccn1)C(=O)NCC(=O)N1CCC(Oc2ccnc(C(F)(F)F)n2)CC1. The summed E-state index contributed by atoms with van der Waals surface area (Å²) < 4.78 is 44.2. The van der Waals surface area contributed by atoms with E-state index in [9.17, 15) is 27.6 Å². The predicted octanol–water partition coefficient (Wildman–Crippen LogP) is 3.47. The van der Waals surface area contributed by atoms with Gasteiger partial charge in [-0.05, 0) is 35.9 Å². The molecule has 3 heterocycles. The zero-order valence-electron chi connectivity index (χ0n) is 22.8. The van der Waals surface area contributed by atoms with Crippen LogP contribution in [0.3, 0.4) is 0 Å². The lowest BCUT2D eigenvalue weighted by Crippen LogP contribution is -2.51. The molecule has 0 saturated carbocycles. The van der Waals surface area contributed by atoms with Crippen molar-refractivity contribution >= 4 is 35.4 Å². The number of piperidine rings is 1. The number of carbonyl (C=O) groups is 3. The molecule has 3 aromatic rings. The molecule has 10 nitrogen and oxygen atoms in total. The predicted molar refractivity (Wildman–Crippen MR) is 151 cm³/mol. The lowest BCUT2D eigenvalue weighted by atomic mass is 10.1. The number of halogens is 4. The largest absolute Gasteiger partial charge is 0.474 e. The lowest BCUT2D eigenvalue weighted by Gasteiger charge is -2.32. The Labute approximate surface area is 250 Å². The van der Waals surface area contributed by atoms with Gasteiger partial charge in [-0.1, -0.05) is 29.8 Å². The minimum Gasteiger partial charge on any atom is -0.474 e. The van der Waals surface area contributed by atoms with Gasteiger partial charge in [-0.3, -0.25) is 19.4 Å². The van der Waals surface area contributed by atoms with Gasteiger partial charge in [-0.25, -0.2) is 4.98 Å². The Hall–Kier alpha value is -4.52. The molecule has 0 spiro atoms. The molecule has 0 bridgehead atoms. The smallest absolute Gasteiger partial charge is 0.451 e. The van der Waals surface area contributed by atoms with Crippen LogP contribution >= 0.6 is 11.6 Å². The second-order valence-corrected chi connectivity index (χ2v) is 10.0. The fourth-order valence-corrected chi connectivity index (χ4v) is 4.36. The van der Waals surface area contributed by atoms with E-state index >= 15 is 0 Å². The van der Waals surface area contributed by atoms with Gasteiger partial charge >= 0.3 is 6.18 Å². The summed E-state index contributed by atoms with van der Waals surface area (Å²) in [5.74, 6) is -2.90. The molecule has 1 fully saturated rings.